The number of carboxylic acid groups (broad SMARTS) is 1. The Morgan fingerprint density at radius 2 is 1.80 bits per heavy atom. The predicted octanol–water partition coefficient (Wildman–Crippen LogP) is -0.188. The molecule has 0 aliphatic carbocycles. The van der Waals surface area contributed by atoms with E-state index < -0.39 is 11.5 Å². The molecule has 0 aliphatic heterocycles. The SMILES string of the molecule is CCN(CC(=O)NC(C)C)C(=O)CNC(C)(C)C(=O)O. The topological polar surface area (TPSA) is 98.7 Å². The van der Waals surface area contributed by atoms with E-state index in [9.17, 15) is 14.4 Å². The number of carboxylic acids is 1. The third-order valence-electron chi connectivity index (χ3n) is 2.73. The molecule has 0 fully saturated rings. The number of rotatable bonds is 8. The number of aliphatic carboxylic acids is 1. The fraction of sp³-hybridized carbons (Fsp3) is 0.769. The highest BCUT2D eigenvalue weighted by molar-refractivity contribution is 5.86. The summed E-state index contributed by atoms with van der Waals surface area (Å²) in [6.45, 7) is 8.64. The van der Waals surface area contributed by atoms with Crippen molar-refractivity contribution in [3.05, 3.63) is 0 Å². The summed E-state index contributed by atoms with van der Waals surface area (Å²) in [5.41, 5.74) is -1.19. The van der Waals surface area contributed by atoms with Gasteiger partial charge in [-0.15, -0.1) is 0 Å². The first-order valence-corrected chi connectivity index (χ1v) is 6.65. The molecule has 116 valence electrons. The average molecular weight is 287 g/mol. The van der Waals surface area contributed by atoms with Crippen LogP contribution in [0.5, 0.6) is 0 Å². The quantitative estimate of drug-likeness (QED) is 0.575. The maximum absolute atomic E-state index is 12.0. The Labute approximate surface area is 119 Å². The van der Waals surface area contributed by atoms with Crippen molar-refractivity contribution in [1.29, 1.82) is 0 Å². The molecule has 0 radical (unpaired) electrons. The fourth-order valence-electron chi connectivity index (χ4n) is 1.40. The lowest BCUT2D eigenvalue weighted by molar-refractivity contribution is -0.144. The molecular weight excluding hydrogens is 262 g/mol. The van der Waals surface area contributed by atoms with Gasteiger partial charge in [-0.3, -0.25) is 19.7 Å². The maximum Gasteiger partial charge on any atom is 0.323 e. The van der Waals surface area contributed by atoms with Crippen molar-refractivity contribution < 1.29 is 19.5 Å². The van der Waals surface area contributed by atoms with Crippen molar-refractivity contribution in [1.82, 2.24) is 15.5 Å². The van der Waals surface area contributed by atoms with Gasteiger partial charge in [-0.1, -0.05) is 0 Å². The van der Waals surface area contributed by atoms with E-state index >= 15 is 0 Å². The van der Waals surface area contributed by atoms with E-state index in [1.807, 2.05) is 13.8 Å². The normalized spacial score (nSPS) is 11.3. The molecule has 3 N–H and O–H groups in total. The first-order chi connectivity index (χ1) is 9.10. The highest BCUT2D eigenvalue weighted by Crippen LogP contribution is 2.01. The number of carbonyl (C=O) groups excluding carboxylic acids is 2. The number of carbonyl (C=O) groups is 3. The number of hydrogen-bond acceptors (Lipinski definition) is 4. The van der Waals surface area contributed by atoms with Crippen LogP contribution in [0.4, 0.5) is 0 Å². The molecule has 0 aromatic carbocycles. The molecule has 7 heteroatoms. The third kappa shape index (κ3) is 6.51. The van der Waals surface area contributed by atoms with E-state index in [4.69, 9.17) is 5.11 Å². The van der Waals surface area contributed by atoms with Crippen molar-refractivity contribution >= 4 is 17.8 Å². The summed E-state index contributed by atoms with van der Waals surface area (Å²) in [6.07, 6.45) is 0. The predicted molar refractivity (Wildman–Crippen MR) is 75.3 cm³/mol. The summed E-state index contributed by atoms with van der Waals surface area (Å²) in [6, 6.07) is 0.0142. The lowest BCUT2D eigenvalue weighted by Crippen LogP contribution is -2.52. The summed E-state index contributed by atoms with van der Waals surface area (Å²) < 4.78 is 0. The average Bonchev–Trinajstić information content (AvgIpc) is 2.32. The van der Waals surface area contributed by atoms with Crippen molar-refractivity contribution in [2.75, 3.05) is 19.6 Å². The molecule has 0 rings (SSSR count). The molecule has 7 nitrogen and oxygen atoms in total. The molecule has 0 bridgehead atoms. The van der Waals surface area contributed by atoms with Gasteiger partial charge < -0.3 is 15.3 Å². The van der Waals surface area contributed by atoms with Crippen LogP contribution in [0.2, 0.25) is 0 Å². The molecule has 0 heterocycles. The van der Waals surface area contributed by atoms with Crippen LogP contribution >= 0.6 is 0 Å². The third-order valence-corrected chi connectivity index (χ3v) is 2.73. The number of nitrogens with one attached hydrogen (secondary N) is 2. The molecule has 0 aliphatic rings. The fourth-order valence-corrected chi connectivity index (χ4v) is 1.40. The minimum atomic E-state index is -1.19. The van der Waals surface area contributed by atoms with Gasteiger partial charge >= 0.3 is 5.97 Å². The van der Waals surface area contributed by atoms with Crippen molar-refractivity contribution in [3.8, 4) is 0 Å². The largest absolute Gasteiger partial charge is 0.480 e. The Morgan fingerprint density at radius 1 is 1.25 bits per heavy atom. The molecule has 0 saturated heterocycles. The lowest BCUT2D eigenvalue weighted by atomic mass is 10.1. The van der Waals surface area contributed by atoms with E-state index in [1.54, 1.807) is 6.92 Å². The molecule has 0 saturated carbocycles. The highest BCUT2D eigenvalue weighted by atomic mass is 16.4. The maximum atomic E-state index is 12.0. The summed E-state index contributed by atoms with van der Waals surface area (Å²) in [5.74, 6) is -1.57. The zero-order valence-electron chi connectivity index (χ0n) is 12.8. The molecule has 0 unspecified atom stereocenters. The number of amides is 2. The molecule has 0 aromatic rings. The Morgan fingerprint density at radius 3 is 2.20 bits per heavy atom. The van der Waals surface area contributed by atoms with Gasteiger partial charge in [0.25, 0.3) is 0 Å². The lowest BCUT2D eigenvalue weighted by Gasteiger charge is -2.25. The van der Waals surface area contributed by atoms with Gasteiger partial charge in [0.1, 0.15) is 5.54 Å². The van der Waals surface area contributed by atoms with Crippen LogP contribution < -0.4 is 10.6 Å². The van der Waals surface area contributed by atoms with Gasteiger partial charge in [-0.05, 0) is 34.6 Å². The van der Waals surface area contributed by atoms with Crippen molar-refractivity contribution in [2.45, 2.75) is 46.2 Å². The summed E-state index contributed by atoms with van der Waals surface area (Å²) >= 11 is 0. The van der Waals surface area contributed by atoms with Gasteiger partial charge in [0, 0.05) is 12.6 Å². The molecular formula is C13H25N3O4. The molecule has 0 atom stereocenters. The Balaban J connectivity index is 4.42. The van der Waals surface area contributed by atoms with E-state index in [-0.39, 0.29) is 30.9 Å². The molecule has 20 heavy (non-hydrogen) atoms. The van der Waals surface area contributed by atoms with E-state index in [0.717, 1.165) is 0 Å². The monoisotopic (exact) mass is 287 g/mol. The molecule has 0 aromatic heterocycles. The van der Waals surface area contributed by atoms with Crippen LogP contribution in [-0.2, 0) is 14.4 Å². The summed E-state index contributed by atoms with van der Waals surface area (Å²) in [7, 11) is 0. The standard InChI is InChI=1S/C13H25N3O4/c1-6-16(8-10(17)15-9(2)3)11(18)7-14-13(4,5)12(19)20/h9,14H,6-8H2,1-5H3,(H,15,17)(H,19,20). The van der Waals surface area contributed by atoms with E-state index in [0.29, 0.717) is 6.54 Å². The van der Waals surface area contributed by atoms with Gasteiger partial charge in [0.15, 0.2) is 0 Å². The Hall–Kier alpha value is -1.63. The smallest absolute Gasteiger partial charge is 0.323 e. The minimum absolute atomic E-state index is 0.0142. The summed E-state index contributed by atoms with van der Waals surface area (Å²) in [5, 5.41) is 14.3. The van der Waals surface area contributed by atoms with Crippen molar-refractivity contribution in [2.24, 2.45) is 0 Å². The van der Waals surface area contributed by atoms with Gasteiger partial charge in [0.2, 0.25) is 11.8 Å². The zero-order valence-corrected chi connectivity index (χ0v) is 12.8. The van der Waals surface area contributed by atoms with Gasteiger partial charge in [-0.2, -0.15) is 0 Å². The molecule has 2 amide bonds. The van der Waals surface area contributed by atoms with Gasteiger partial charge in [0.05, 0.1) is 13.1 Å². The summed E-state index contributed by atoms with van der Waals surface area (Å²) in [4.78, 5) is 35.9. The Bertz CT molecular complexity index is 367. The number of hydrogen-bond donors (Lipinski definition) is 3. The molecule has 0 spiro atoms. The van der Waals surface area contributed by atoms with Crippen LogP contribution in [0.3, 0.4) is 0 Å². The Kier molecular flexibility index (Phi) is 7.20. The van der Waals surface area contributed by atoms with Crippen LogP contribution in [-0.4, -0.2) is 59.0 Å². The van der Waals surface area contributed by atoms with Gasteiger partial charge in [-0.25, -0.2) is 0 Å². The zero-order chi connectivity index (χ0) is 15.9. The van der Waals surface area contributed by atoms with Crippen LogP contribution in [0, 0.1) is 0 Å². The first kappa shape index (κ1) is 18.4. The second kappa shape index (κ2) is 7.84. The van der Waals surface area contributed by atoms with Crippen LogP contribution in [0.1, 0.15) is 34.6 Å². The van der Waals surface area contributed by atoms with Crippen LogP contribution in [0.25, 0.3) is 0 Å². The highest BCUT2D eigenvalue weighted by Gasteiger charge is 2.28. The number of likely N-dealkylation sites (N-methyl/N-ethyl adjacent to an activating group) is 1. The van der Waals surface area contributed by atoms with Crippen molar-refractivity contribution in [3.63, 3.8) is 0 Å². The van der Waals surface area contributed by atoms with E-state index in [2.05, 4.69) is 10.6 Å². The second-order valence-corrected chi connectivity index (χ2v) is 5.41. The van der Waals surface area contributed by atoms with E-state index in [1.165, 1.54) is 18.7 Å². The number of nitrogens with zero attached hydrogens (tertiary/aromatic N) is 1. The second-order valence-electron chi connectivity index (χ2n) is 5.41. The first-order valence-electron chi connectivity index (χ1n) is 6.65. The van der Waals surface area contributed by atoms with Crippen LogP contribution in [0.15, 0.2) is 0 Å². The minimum Gasteiger partial charge on any atom is -0.480 e.